The van der Waals surface area contributed by atoms with Crippen LogP contribution >= 0.6 is 11.3 Å². The Kier molecular flexibility index (Phi) is 5.02. The fraction of sp³-hybridized carbons (Fsp3) is 0.211. The van der Waals surface area contributed by atoms with E-state index in [0.29, 0.717) is 10.6 Å². The average Bonchev–Trinajstić information content (AvgIpc) is 2.91. The lowest BCUT2D eigenvalue weighted by molar-refractivity contribution is 0.0943. The molecule has 7 heteroatoms. The molecule has 136 valence electrons. The van der Waals surface area contributed by atoms with Crippen LogP contribution in [0.15, 0.2) is 48.5 Å². The van der Waals surface area contributed by atoms with Gasteiger partial charge in [0.2, 0.25) is 10.0 Å². The Balaban J connectivity index is 1.81. The van der Waals surface area contributed by atoms with Crippen LogP contribution in [0, 0.1) is 6.92 Å². The van der Waals surface area contributed by atoms with Gasteiger partial charge in [0.05, 0.1) is 17.2 Å². The Morgan fingerprint density at radius 1 is 1.12 bits per heavy atom. The summed E-state index contributed by atoms with van der Waals surface area (Å²) in [6.07, 6.45) is 1.11. The molecule has 1 aromatic heterocycles. The fourth-order valence-electron chi connectivity index (χ4n) is 2.82. The molecule has 0 aliphatic carbocycles. The van der Waals surface area contributed by atoms with Crippen LogP contribution in [0.2, 0.25) is 0 Å². The van der Waals surface area contributed by atoms with E-state index >= 15 is 0 Å². The van der Waals surface area contributed by atoms with E-state index in [1.54, 1.807) is 18.2 Å². The summed E-state index contributed by atoms with van der Waals surface area (Å²) in [5, 5.41) is 4.09. The maximum absolute atomic E-state index is 12.7. The van der Waals surface area contributed by atoms with E-state index in [4.69, 9.17) is 0 Å². The van der Waals surface area contributed by atoms with Crippen LogP contribution in [0.5, 0.6) is 0 Å². The van der Waals surface area contributed by atoms with Crippen molar-refractivity contribution in [3.8, 4) is 0 Å². The highest BCUT2D eigenvalue weighted by molar-refractivity contribution is 7.92. The van der Waals surface area contributed by atoms with Crippen LogP contribution in [-0.4, -0.2) is 20.6 Å². The number of amides is 1. The SMILES string of the molecule is Cc1c(C(=O)NC(C)c2cccc(NS(C)(=O)=O)c2)sc2ccccc12. The van der Waals surface area contributed by atoms with Crippen LogP contribution in [0.3, 0.4) is 0 Å². The zero-order valence-corrected chi connectivity index (χ0v) is 16.4. The number of aryl methyl sites for hydroxylation is 1. The second-order valence-corrected chi connectivity index (χ2v) is 9.05. The van der Waals surface area contributed by atoms with Gasteiger partial charge in [0, 0.05) is 10.4 Å². The van der Waals surface area contributed by atoms with E-state index in [1.165, 1.54) is 11.3 Å². The van der Waals surface area contributed by atoms with Crippen molar-refractivity contribution in [3.63, 3.8) is 0 Å². The monoisotopic (exact) mass is 388 g/mol. The van der Waals surface area contributed by atoms with Gasteiger partial charge in [-0.05, 0) is 48.6 Å². The number of anilines is 1. The summed E-state index contributed by atoms with van der Waals surface area (Å²) in [6.45, 7) is 3.83. The first-order valence-electron chi connectivity index (χ1n) is 8.11. The highest BCUT2D eigenvalue weighted by atomic mass is 32.2. The summed E-state index contributed by atoms with van der Waals surface area (Å²) in [4.78, 5) is 13.4. The van der Waals surface area contributed by atoms with E-state index < -0.39 is 10.0 Å². The van der Waals surface area contributed by atoms with Gasteiger partial charge in [-0.25, -0.2) is 8.42 Å². The minimum absolute atomic E-state index is 0.127. The van der Waals surface area contributed by atoms with Gasteiger partial charge in [-0.15, -0.1) is 11.3 Å². The molecule has 1 heterocycles. The lowest BCUT2D eigenvalue weighted by Gasteiger charge is -2.15. The zero-order chi connectivity index (χ0) is 18.9. The van der Waals surface area contributed by atoms with Gasteiger partial charge in [0.15, 0.2) is 0 Å². The summed E-state index contributed by atoms with van der Waals surface area (Å²) in [5.74, 6) is -0.127. The van der Waals surface area contributed by atoms with Crippen molar-refractivity contribution >= 4 is 43.0 Å². The van der Waals surface area contributed by atoms with Crippen LogP contribution in [-0.2, 0) is 10.0 Å². The van der Waals surface area contributed by atoms with E-state index in [9.17, 15) is 13.2 Å². The molecule has 0 aliphatic heterocycles. The number of rotatable bonds is 5. The minimum Gasteiger partial charge on any atom is -0.345 e. The number of sulfonamides is 1. The quantitative estimate of drug-likeness (QED) is 0.692. The van der Waals surface area contributed by atoms with E-state index in [2.05, 4.69) is 10.0 Å². The second-order valence-electron chi connectivity index (χ2n) is 6.25. The van der Waals surface area contributed by atoms with Crippen molar-refractivity contribution in [3.05, 3.63) is 64.5 Å². The molecule has 1 unspecified atom stereocenters. The van der Waals surface area contributed by atoms with Gasteiger partial charge in [-0.1, -0.05) is 30.3 Å². The second kappa shape index (κ2) is 7.09. The third-order valence-electron chi connectivity index (χ3n) is 4.09. The first-order chi connectivity index (χ1) is 12.2. The molecule has 0 fully saturated rings. The first-order valence-corrected chi connectivity index (χ1v) is 10.8. The Hall–Kier alpha value is -2.38. The number of fused-ring (bicyclic) bond motifs is 1. The van der Waals surface area contributed by atoms with E-state index in [-0.39, 0.29) is 11.9 Å². The predicted molar refractivity (Wildman–Crippen MR) is 107 cm³/mol. The Labute approximate surface area is 157 Å². The van der Waals surface area contributed by atoms with Gasteiger partial charge in [0.25, 0.3) is 5.91 Å². The number of thiophene rings is 1. The van der Waals surface area contributed by atoms with Crippen molar-refractivity contribution in [2.45, 2.75) is 19.9 Å². The Bertz CT molecular complexity index is 1070. The predicted octanol–water partition coefficient (Wildman–Crippen LogP) is 4.07. The largest absolute Gasteiger partial charge is 0.345 e. The smallest absolute Gasteiger partial charge is 0.262 e. The highest BCUT2D eigenvalue weighted by Crippen LogP contribution is 2.31. The van der Waals surface area contributed by atoms with Crippen LogP contribution in [0.4, 0.5) is 5.69 Å². The maximum Gasteiger partial charge on any atom is 0.262 e. The molecule has 0 aliphatic rings. The van der Waals surface area contributed by atoms with Crippen LogP contribution in [0.1, 0.15) is 33.8 Å². The van der Waals surface area contributed by atoms with Crippen molar-refractivity contribution in [1.29, 1.82) is 0 Å². The molecule has 0 spiro atoms. The lowest BCUT2D eigenvalue weighted by Crippen LogP contribution is -2.26. The first kappa shape index (κ1) is 18.4. The molecular formula is C19H20N2O3S2. The van der Waals surface area contributed by atoms with Gasteiger partial charge in [0.1, 0.15) is 0 Å². The summed E-state index contributed by atoms with van der Waals surface area (Å²) in [7, 11) is -3.34. The molecule has 0 bridgehead atoms. The standard InChI is InChI=1S/C19H20N2O3S2/c1-12-16-9-4-5-10-17(16)25-18(12)19(22)20-13(2)14-7-6-8-15(11-14)21-26(3,23)24/h4-11,13,21H,1-3H3,(H,20,22). The van der Waals surface area contributed by atoms with Crippen molar-refractivity contribution in [1.82, 2.24) is 5.32 Å². The molecule has 5 nitrogen and oxygen atoms in total. The molecule has 0 radical (unpaired) electrons. The molecule has 3 aromatic rings. The Morgan fingerprint density at radius 3 is 2.54 bits per heavy atom. The number of nitrogens with one attached hydrogen (secondary N) is 2. The normalized spacial score (nSPS) is 12.7. The molecule has 2 N–H and O–H groups in total. The van der Waals surface area contributed by atoms with Crippen LogP contribution in [0.25, 0.3) is 10.1 Å². The molecule has 26 heavy (non-hydrogen) atoms. The number of hydrogen-bond donors (Lipinski definition) is 2. The summed E-state index contributed by atoms with van der Waals surface area (Å²) in [5.41, 5.74) is 2.28. The molecular weight excluding hydrogens is 368 g/mol. The lowest BCUT2D eigenvalue weighted by atomic mass is 10.1. The molecule has 1 atom stereocenters. The summed E-state index contributed by atoms with van der Waals surface area (Å²) in [6, 6.07) is 14.7. The van der Waals surface area contributed by atoms with E-state index in [1.807, 2.05) is 44.2 Å². The summed E-state index contributed by atoms with van der Waals surface area (Å²) >= 11 is 1.48. The maximum atomic E-state index is 12.7. The van der Waals surface area contributed by atoms with Crippen molar-refractivity contribution < 1.29 is 13.2 Å². The topological polar surface area (TPSA) is 75.3 Å². The molecule has 2 aromatic carbocycles. The highest BCUT2D eigenvalue weighted by Gasteiger charge is 2.18. The van der Waals surface area contributed by atoms with E-state index in [0.717, 1.165) is 27.5 Å². The van der Waals surface area contributed by atoms with Crippen molar-refractivity contribution in [2.75, 3.05) is 11.0 Å². The van der Waals surface area contributed by atoms with Gasteiger partial charge < -0.3 is 5.32 Å². The number of carbonyl (C=O) groups excluding carboxylic acids is 1. The van der Waals surface area contributed by atoms with Crippen LogP contribution < -0.4 is 10.0 Å². The van der Waals surface area contributed by atoms with Gasteiger partial charge >= 0.3 is 0 Å². The van der Waals surface area contributed by atoms with Gasteiger partial charge in [-0.2, -0.15) is 0 Å². The molecule has 0 saturated heterocycles. The number of benzene rings is 2. The average molecular weight is 389 g/mol. The molecule has 1 amide bonds. The zero-order valence-electron chi connectivity index (χ0n) is 14.7. The third-order valence-corrected chi connectivity index (χ3v) is 5.97. The third kappa shape index (κ3) is 4.05. The van der Waals surface area contributed by atoms with Gasteiger partial charge in [-0.3, -0.25) is 9.52 Å². The number of hydrogen-bond acceptors (Lipinski definition) is 4. The molecule has 0 saturated carbocycles. The van der Waals surface area contributed by atoms with Crippen molar-refractivity contribution in [2.24, 2.45) is 0 Å². The Morgan fingerprint density at radius 2 is 1.85 bits per heavy atom. The molecule has 3 rings (SSSR count). The number of carbonyl (C=O) groups is 1. The minimum atomic E-state index is -3.34. The fourth-order valence-corrected chi connectivity index (χ4v) is 4.49. The summed E-state index contributed by atoms with van der Waals surface area (Å²) < 4.78 is 26.3.